The molecule has 0 fully saturated rings. The Bertz CT molecular complexity index is 415. The first kappa shape index (κ1) is 10.6. The molecule has 1 rings (SSSR count). The maximum absolute atomic E-state index is 11.2. The van der Waals surface area contributed by atoms with Crippen LogP contribution in [-0.2, 0) is 4.74 Å². The lowest BCUT2D eigenvalue weighted by Crippen LogP contribution is -2.06. The van der Waals surface area contributed by atoms with Gasteiger partial charge in [0.05, 0.1) is 4.92 Å². The number of carbonyl (C=O) groups is 1. The van der Waals surface area contributed by atoms with Crippen molar-refractivity contribution >= 4 is 18.1 Å². The lowest BCUT2D eigenvalue weighted by atomic mass is 10.2. The third-order valence-electron chi connectivity index (χ3n) is 1.53. The van der Waals surface area contributed by atoms with Gasteiger partial charge in [-0.05, 0) is 6.07 Å². The molecule has 0 unspecified atom stereocenters. The second kappa shape index (κ2) is 4.70. The number of esters is 1. The van der Waals surface area contributed by atoms with E-state index in [4.69, 9.17) is 5.21 Å². The maximum Gasteiger partial charge on any atom is 0.351 e. The Hall–Kier alpha value is -2.44. The van der Waals surface area contributed by atoms with E-state index in [1.165, 1.54) is 24.3 Å². The van der Waals surface area contributed by atoms with Gasteiger partial charge < -0.3 is 9.94 Å². The molecule has 0 radical (unpaired) electrons. The summed E-state index contributed by atoms with van der Waals surface area (Å²) in [5.41, 5.74) is -0.573. The van der Waals surface area contributed by atoms with E-state index in [0.717, 1.165) is 0 Å². The van der Waals surface area contributed by atoms with E-state index in [-0.39, 0.29) is 11.3 Å². The van der Waals surface area contributed by atoms with E-state index >= 15 is 0 Å². The zero-order valence-corrected chi connectivity index (χ0v) is 7.36. The molecule has 0 amide bonds. The predicted molar refractivity (Wildman–Crippen MR) is 48.8 cm³/mol. The lowest BCUT2D eigenvalue weighted by Gasteiger charge is -1.98. The quantitative estimate of drug-likeness (QED) is 0.201. The zero-order chi connectivity index (χ0) is 11.3. The molecule has 0 aliphatic carbocycles. The minimum Gasteiger partial charge on any atom is -0.408 e. The molecule has 1 N–H and O–H groups in total. The van der Waals surface area contributed by atoms with Crippen LogP contribution in [0.1, 0.15) is 10.4 Å². The summed E-state index contributed by atoms with van der Waals surface area (Å²) in [5, 5.41) is 21.0. The molecular weight excluding hydrogens is 204 g/mol. The van der Waals surface area contributed by atoms with Crippen molar-refractivity contribution in [2.24, 2.45) is 5.16 Å². The van der Waals surface area contributed by atoms with Gasteiger partial charge in [-0.15, -0.1) is 0 Å². The Morgan fingerprint density at radius 3 is 2.80 bits per heavy atom. The molecule has 1 aromatic carbocycles. The number of nitro benzene ring substituents is 1. The van der Waals surface area contributed by atoms with Gasteiger partial charge >= 0.3 is 5.97 Å². The fourth-order valence-corrected chi connectivity index (χ4v) is 0.940. The number of benzene rings is 1. The first-order chi connectivity index (χ1) is 7.16. The van der Waals surface area contributed by atoms with Gasteiger partial charge in [0.15, 0.2) is 0 Å². The number of nitro groups is 1. The Labute approximate surface area is 83.7 Å². The number of nitrogens with zero attached hydrogens (tertiary/aromatic N) is 2. The summed E-state index contributed by atoms with van der Waals surface area (Å²) in [7, 11) is 0. The highest BCUT2D eigenvalue weighted by Gasteiger charge is 2.19. The Kier molecular flexibility index (Phi) is 3.33. The molecule has 0 spiro atoms. The summed E-state index contributed by atoms with van der Waals surface area (Å²) in [6.07, 6.45) is 0.485. The highest BCUT2D eigenvalue weighted by molar-refractivity contribution is 5.97. The van der Waals surface area contributed by atoms with Gasteiger partial charge in [-0.3, -0.25) is 10.1 Å². The molecule has 0 aliphatic rings. The predicted octanol–water partition coefficient (Wildman–Crippen LogP) is 1.17. The van der Waals surface area contributed by atoms with Crippen LogP contribution in [0.5, 0.6) is 0 Å². The maximum atomic E-state index is 11.2. The number of ether oxygens (including phenoxy) is 1. The van der Waals surface area contributed by atoms with Gasteiger partial charge in [0, 0.05) is 6.07 Å². The van der Waals surface area contributed by atoms with Crippen molar-refractivity contribution in [2.75, 3.05) is 0 Å². The fourth-order valence-electron chi connectivity index (χ4n) is 0.940. The van der Waals surface area contributed by atoms with Crippen molar-refractivity contribution in [3.05, 3.63) is 39.9 Å². The van der Waals surface area contributed by atoms with Crippen LogP contribution in [-0.4, -0.2) is 22.5 Å². The summed E-state index contributed by atoms with van der Waals surface area (Å²) in [5.74, 6) is -0.958. The second-order valence-corrected chi connectivity index (χ2v) is 2.40. The van der Waals surface area contributed by atoms with Gasteiger partial charge in [0.2, 0.25) is 6.40 Å². The molecular formula is C8H6N2O5. The molecule has 7 nitrogen and oxygen atoms in total. The summed E-state index contributed by atoms with van der Waals surface area (Å²) < 4.78 is 4.28. The minimum absolute atomic E-state index is 0.206. The third-order valence-corrected chi connectivity index (χ3v) is 1.53. The molecule has 0 bridgehead atoms. The normalized spacial score (nSPS) is 10.1. The van der Waals surface area contributed by atoms with Gasteiger partial charge in [-0.25, -0.2) is 4.79 Å². The smallest absolute Gasteiger partial charge is 0.351 e. The molecule has 7 heteroatoms. The van der Waals surface area contributed by atoms with Crippen LogP contribution in [0.25, 0.3) is 0 Å². The highest BCUT2D eigenvalue weighted by atomic mass is 16.6. The molecule has 0 aromatic heterocycles. The van der Waals surface area contributed by atoms with Gasteiger partial charge in [-0.1, -0.05) is 17.3 Å². The number of hydrogen-bond donors (Lipinski definition) is 1. The first-order valence-electron chi connectivity index (χ1n) is 3.77. The molecule has 0 aliphatic heterocycles. The van der Waals surface area contributed by atoms with Crippen LogP contribution >= 0.6 is 0 Å². The average Bonchev–Trinajstić information content (AvgIpc) is 2.25. The zero-order valence-electron chi connectivity index (χ0n) is 7.36. The molecule has 0 saturated carbocycles. The number of oxime groups is 1. The molecule has 78 valence electrons. The molecule has 15 heavy (non-hydrogen) atoms. The standard InChI is InChI=1S/C8H6N2O5/c11-8(15-5-9-12)6-3-1-2-4-7(6)10(13)14/h1-5,12H. The topological polar surface area (TPSA) is 102 Å². The monoisotopic (exact) mass is 210 g/mol. The number of hydrogen-bond acceptors (Lipinski definition) is 6. The molecule has 1 aromatic rings. The summed E-state index contributed by atoms with van der Waals surface area (Å²) in [4.78, 5) is 21.0. The molecule has 0 atom stereocenters. The SMILES string of the molecule is O=C(OC=NO)c1ccccc1[N+](=O)[O-]. The van der Waals surface area contributed by atoms with Crippen LogP contribution in [0, 0.1) is 10.1 Å². The summed E-state index contributed by atoms with van der Waals surface area (Å²) in [6, 6.07) is 5.30. The largest absolute Gasteiger partial charge is 0.408 e. The van der Waals surface area contributed by atoms with Crippen molar-refractivity contribution in [3.8, 4) is 0 Å². The number of para-hydroxylation sites is 1. The van der Waals surface area contributed by atoms with Crippen LogP contribution in [0.2, 0.25) is 0 Å². The van der Waals surface area contributed by atoms with Gasteiger partial charge in [0.25, 0.3) is 5.69 Å². The van der Waals surface area contributed by atoms with E-state index in [9.17, 15) is 14.9 Å². The van der Waals surface area contributed by atoms with E-state index in [2.05, 4.69) is 9.89 Å². The van der Waals surface area contributed by atoms with Crippen LogP contribution < -0.4 is 0 Å². The fraction of sp³-hybridized carbons (Fsp3) is 0. The Morgan fingerprint density at radius 2 is 2.20 bits per heavy atom. The van der Waals surface area contributed by atoms with E-state index in [1.807, 2.05) is 0 Å². The van der Waals surface area contributed by atoms with Crippen LogP contribution in [0.15, 0.2) is 29.4 Å². The van der Waals surface area contributed by atoms with Crippen molar-refractivity contribution in [1.29, 1.82) is 0 Å². The van der Waals surface area contributed by atoms with Crippen LogP contribution in [0.3, 0.4) is 0 Å². The highest BCUT2D eigenvalue weighted by Crippen LogP contribution is 2.17. The molecule has 0 heterocycles. The number of rotatable bonds is 3. The summed E-state index contributed by atoms with van der Waals surface area (Å²) in [6.45, 7) is 0. The van der Waals surface area contributed by atoms with Crippen molar-refractivity contribution < 1.29 is 19.7 Å². The Morgan fingerprint density at radius 1 is 1.53 bits per heavy atom. The Balaban J connectivity index is 3.02. The third kappa shape index (κ3) is 2.50. The average molecular weight is 210 g/mol. The van der Waals surface area contributed by atoms with Crippen LogP contribution in [0.4, 0.5) is 5.69 Å². The van der Waals surface area contributed by atoms with E-state index in [0.29, 0.717) is 6.40 Å². The van der Waals surface area contributed by atoms with Gasteiger partial charge in [0.1, 0.15) is 5.56 Å². The first-order valence-corrected chi connectivity index (χ1v) is 3.77. The number of carbonyl (C=O) groups excluding carboxylic acids is 1. The minimum atomic E-state index is -0.958. The van der Waals surface area contributed by atoms with Crippen molar-refractivity contribution in [1.82, 2.24) is 0 Å². The van der Waals surface area contributed by atoms with Crippen molar-refractivity contribution in [3.63, 3.8) is 0 Å². The molecule has 0 saturated heterocycles. The summed E-state index contributed by atoms with van der Waals surface area (Å²) >= 11 is 0. The van der Waals surface area contributed by atoms with Crippen molar-refractivity contribution in [2.45, 2.75) is 0 Å². The lowest BCUT2D eigenvalue weighted by molar-refractivity contribution is -0.385. The van der Waals surface area contributed by atoms with Gasteiger partial charge in [-0.2, -0.15) is 0 Å². The van der Waals surface area contributed by atoms with E-state index in [1.54, 1.807) is 0 Å². The second-order valence-electron chi connectivity index (χ2n) is 2.40. The van der Waals surface area contributed by atoms with E-state index < -0.39 is 10.9 Å².